The number of aromatic nitrogens is 4. The van der Waals surface area contributed by atoms with Crippen molar-refractivity contribution in [2.75, 3.05) is 12.3 Å². The number of fused-ring (bicyclic) bond motifs is 2. The van der Waals surface area contributed by atoms with Crippen molar-refractivity contribution in [2.24, 2.45) is 0 Å². The minimum absolute atomic E-state index is 0.0206. The van der Waals surface area contributed by atoms with Crippen LogP contribution >= 0.6 is 11.8 Å². The summed E-state index contributed by atoms with van der Waals surface area (Å²) in [6, 6.07) is 1.22. The molecule has 4 rings (SSSR count). The van der Waals surface area contributed by atoms with Gasteiger partial charge in [0.25, 0.3) is 11.1 Å². The highest BCUT2D eigenvalue weighted by atomic mass is 32.2. The maximum atomic E-state index is 12.7. The van der Waals surface area contributed by atoms with E-state index < -0.39 is 0 Å². The van der Waals surface area contributed by atoms with Crippen LogP contribution in [-0.4, -0.2) is 37.3 Å². The van der Waals surface area contributed by atoms with Crippen molar-refractivity contribution in [1.29, 1.82) is 0 Å². The molecule has 1 unspecified atom stereocenters. The first-order valence-corrected chi connectivity index (χ1v) is 9.66. The van der Waals surface area contributed by atoms with Gasteiger partial charge in [-0.25, -0.2) is 9.97 Å². The van der Waals surface area contributed by atoms with Crippen LogP contribution in [0.3, 0.4) is 0 Å². The van der Waals surface area contributed by atoms with E-state index >= 15 is 0 Å². The standard InChI is InChI=1S/C17H19N5O3S/c23-14(19-6-7-21-10-18-5-4-15(21)24)8-11-9-26-17-20-13-3-1-2-12(13)16(25)22(11)17/h4-5,10-11H,1-3,6-9H2,(H,19,23). The fourth-order valence-corrected chi connectivity index (χ4v) is 4.60. The third kappa shape index (κ3) is 3.18. The Kier molecular flexibility index (Phi) is 4.62. The number of hydrogen-bond acceptors (Lipinski definition) is 6. The molecule has 1 N–H and O–H groups in total. The molecule has 0 fully saturated rings. The summed E-state index contributed by atoms with van der Waals surface area (Å²) in [6.45, 7) is 0.706. The summed E-state index contributed by atoms with van der Waals surface area (Å²) in [5.74, 6) is 0.549. The van der Waals surface area contributed by atoms with Crippen LogP contribution < -0.4 is 16.4 Å². The number of amides is 1. The quantitative estimate of drug-likeness (QED) is 0.749. The second kappa shape index (κ2) is 7.06. The number of nitrogens with one attached hydrogen (secondary N) is 1. The van der Waals surface area contributed by atoms with E-state index in [0.29, 0.717) is 18.8 Å². The van der Waals surface area contributed by atoms with Crippen LogP contribution in [0, 0.1) is 0 Å². The summed E-state index contributed by atoms with van der Waals surface area (Å²) in [5.41, 5.74) is 1.62. The maximum absolute atomic E-state index is 12.7. The van der Waals surface area contributed by atoms with Crippen molar-refractivity contribution in [3.8, 4) is 0 Å². The van der Waals surface area contributed by atoms with Gasteiger partial charge in [-0.15, -0.1) is 0 Å². The Morgan fingerprint density at radius 2 is 2.23 bits per heavy atom. The zero-order valence-electron chi connectivity index (χ0n) is 14.2. The molecule has 2 aliphatic rings. The minimum Gasteiger partial charge on any atom is -0.354 e. The lowest BCUT2D eigenvalue weighted by Crippen LogP contribution is -2.34. The van der Waals surface area contributed by atoms with E-state index in [2.05, 4.69) is 15.3 Å². The molecule has 136 valence electrons. The van der Waals surface area contributed by atoms with E-state index in [1.165, 1.54) is 34.9 Å². The van der Waals surface area contributed by atoms with E-state index in [1.54, 1.807) is 4.57 Å². The highest BCUT2D eigenvalue weighted by Gasteiger charge is 2.30. The van der Waals surface area contributed by atoms with Gasteiger partial charge in [-0.2, -0.15) is 0 Å². The summed E-state index contributed by atoms with van der Waals surface area (Å²) < 4.78 is 3.14. The predicted molar refractivity (Wildman–Crippen MR) is 96.4 cm³/mol. The van der Waals surface area contributed by atoms with Crippen molar-refractivity contribution in [1.82, 2.24) is 24.4 Å². The highest BCUT2D eigenvalue weighted by Crippen LogP contribution is 2.33. The summed E-state index contributed by atoms with van der Waals surface area (Å²) in [5, 5.41) is 3.55. The summed E-state index contributed by atoms with van der Waals surface area (Å²) in [4.78, 5) is 45.1. The Morgan fingerprint density at radius 3 is 3.08 bits per heavy atom. The molecule has 0 radical (unpaired) electrons. The van der Waals surface area contributed by atoms with Gasteiger partial charge in [0.2, 0.25) is 5.91 Å². The van der Waals surface area contributed by atoms with Crippen LogP contribution in [0.1, 0.15) is 30.1 Å². The molecule has 2 aromatic rings. The Morgan fingerprint density at radius 1 is 1.35 bits per heavy atom. The molecule has 0 aromatic carbocycles. The zero-order valence-corrected chi connectivity index (χ0v) is 15.0. The number of nitrogens with zero attached hydrogens (tertiary/aromatic N) is 4. The second-order valence-corrected chi connectivity index (χ2v) is 7.47. The minimum atomic E-state index is -0.165. The SMILES string of the molecule is O=C(CC1CSc2nc3c(c(=O)n21)CCC3)NCCn1cnccc1=O. The van der Waals surface area contributed by atoms with Crippen molar-refractivity contribution >= 4 is 17.7 Å². The predicted octanol–water partition coefficient (Wildman–Crippen LogP) is 0.142. The monoisotopic (exact) mass is 373 g/mol. The molecule has 0 saturated carbocycles. The van der Waals surface area contributed by atoms with Gasteiger partial charge in [0.05, 0.1) is 18.1 Å². The molecule has 0 saturated heterocycles. The first-order chi connectivity index (χ1) is 12.6. The van der Waals surface area contributed by atoms with Crippen molar-refractivity contribution in [3.63, 3.8) is 0 Å². The number of hydrogen-bond donors (Lipinski definition) is 1. The molecule has 1 aliphatic heterocycles. The van der Waals surface area contributed by atoms with Gasteiger partial charge in [0.15, 0.2) is 5.16 Å². The Labute approximate surface area is 153 Å². The summed E-state index contributed by atoms with van der Waals surface area (Å²) in [6.07, 6.45) is 5.76. The molecular formula is C17H19N5O3S. The van der Waals surface area contributed by atoms with Crippen LogP contribution in [0.25, 0.3) is 0 Å². The fraction of sp³-hybridized carbons (Fsp3) is 0.471. The average Bonchev–Trinajstić information content (AvgIpc) is 3.24. The lowest BCUT2D eigenvalue weighted by Gasteiger charge is -2.14. The lowest BCUT2D eigenvalue weighted by atomic mass is 10.2. The van der Waals surface area contributed by atoms with E-state index in [4.69, 9.17) is 0 Å². The smallest absolute Gasteiger partial charge is 0.257 e. The molecule has 0 bridgehead atoms. The van der Waals surface area contributed by atoms with E-state index in [0.717, 1.165) is 35.7 Å². The first kappa shape index (κ1) is 17.0. The number of carbonyl (C=O) groups excluding carboxylic acids is 1. The molecule has 9 heteroatoms. The molecule has 0 spiro atoms. The third-order valence-corrected chi connectivity index (χ3v) is 5.86. The molecule has 26 heavy (non-hydrogen) atoms. The van der Waals surface area contributed by atoms with Crippen LogP contribution in [0.4, 0.5) is 0 Å². The number of rotatable bonds is 5. The van der Waals surface area contributed by atoms with Gasteiger partial charge in [0.1, 0.15) is 0 Å². The van der Waals surface area contributed by atoms with Crippen LogP contribution in [0.15, 0.2) is 33.3 Å². The zero-order chi connectivity index (χ0) is 18.1. The normalized spacial score (nSPS) is 17.8. The molecule has 1 aliphatic carbocycles. The second-order valence-electron chi connectivity index (χ2n) is 6.48. The average molecular weight is 373 g/mol. The van der Waals surface area contributed by atoms with Gasteiger partial charge in [0, 0.05) is 43.1 Å². The van der Waals surface area contributed by atoms with E-state index in [1.807, 2.05) is 0 Å². The summed E-state index contributed by atoms with van der Waals surface area (Å²) in [7, 11) is 0. The van der Waals surface area contributed by atoms with Gasteiger partial charge in [-0.05, 0) is 19.3 Å². The number of thioether (sulfide) groups is 1. The van der Waals surface area contributed by atoms with E-state index in [-0.39, 0.29) is 29.5 Å². The van der Waals surface area contributed by atoms with Crippen molar-refractivity contribution in [3.05, 3.63) is 50.6 Å². The van der Waals surface area contributed by atoms with Crippen molar-refractivity contribution < 1.29 is 4.79 Å². The number of carbonyl (C=O) groups is 1. The Balaban J connectivity index is 1.39. The largest absolute Gasteiger partial charge is 0.354 e. The Hall–Kier alpha value is -2.42. The van der Waals surface area contributed by atoms with Gasteiger partial charge >= 0.3 is 0 Å². The lowest BCUT2D eigenvalue weighted by molar-refractivity contribution is -0.121. The summed E-state index contributed by atoms with van der Waals surface area (Å²) >= 11 is 1.54. The molecule has 1 atom stereocenters. The molecule has 2 aromatic heterocycles. The van der Waals surface area contributed by atoms with Crippen LogP contribution in [-0.2, 0) is 24.2 Å². The molecule has 1 amide bonds. The topological polar surface area (TPSA) is 98.9 Å². The van der Waals surface area contributed by atoms with Gasteiger partial charge in [-0.1, -0.05) is 11.8 Å². The first-order valence-electron chi connectivity index (χ1n) is 8.67. The Bertz CT molecular complexity index is 968. The fourth-order valence-electron chi connectivity index (χ4n) is 3.45. The highest BCUT2D eigenvalue weighted by molar-refractivity contribution is 7.99. The molecule has 8 nitrogen and oxygen atoms in total. The molecular weight excluding hydrogens is 354 g/mol. The molecule has 3 heterocycles. The van der Waals surface area contributed by atoms with Crippen molar-refractivity contribution in [2.45, 2.75) is 43.4 Å². The number of aryl methyl sites for hydroxylation is 1. The third-order valence-electron chi connectivity index (χ3n) is 4.76. The van der Waals surface area contributed by atoms with Crippen LogP contribution in [0.5, 0.6) is 0 Å². The van der Waals surface area contributed by atoms with Gasteiger partial charge in [-0.3, -0.25) is 23.5 Å². The van der Waals surface area contributed by atoms with Gasteiger partial charge < -0.3 is 5.32 Å². The van der Waals surface area contributed by atoms with Crippen LogP contribution in [0.2, 0.25) is 0 Å². The van der Waals surface area contributed by atoms with E-state index in [9.17, 15) is 14.4 Å². The maximum Gasteiger partial charge on any atom is 0.257 e.